The third kappa shape index (κ3) is 5.18. The molecule has 2 fully saturated rings. The van der Waals surface area contributed by atoms with Gasteiger partial charge in [-0.3, -0.25) is 19.3 Å². The number of halogens is 1. The molecule has 0 aliphatic carbocycles. The standard InChI is InChI=1S/C21H25BrN2O5S/c1-3-28-16-12-17(29-4-2)15(22)10-14(16)11-18-20(26)24(21(27)30-18)13-19(25)23-8-6-5-7-9-23/h10-12H,3-9,13H2,1-2H3/b18-11-. The maximum atomic E-state index is 12.8. The maximum Gasteiger partial charge on any atom is 0.294 e. The van der Waals surface area contributed by atoms with Gasteiger partial charge in [0.25, 0.3) is 11.1 Å². The summed E-state index contributed by atoms with van der Waals surface area (Å²) in [6.07, 6.45) is 4.65. The molecule has 0 saturated carbocycles. The Hall–Kier alpha value is -2.00. The monoisotopic (exact) mass is 496 g/mol. The molecular weight excluding hydrogens is 472 g/mol. The van der Waals surface area contributed by atoms with E-state index in [1.807, 2.05) is 13.8 Å². The van der Waals surface area contributed by atoms with Gasteiger partial charge in [0.1, 0.15) is 18.0 Å². The molecule has 0 radical (unpaired) electrons. The summed E-state index contributed by atoms with van der Waals surface area (Å²) in [6, 6.07) is 3.55. The van der Waals surface area contributed by atoms with Crippen LogP contribution in [-0.4, -0.2) is 59.7 Å². The Kier molecular flexibility index (Phi) is 7.82. The van der Waals surface area contributed by atoms with E-state index < -0.39 is 11.1 Å². The van der Waals surface area contributed by atoms with Gasteiger partial charge in [0.15, 0.2) is 0 Å². The molecule has 9 heteroatoms. The number of piperidine rings is 1. The van der Waals surface area contributed by atoms with E-state index in [0.717, 1.165) is 40.4 Å². The van der Waals surface area contributed by atoms with Crippen LogP contribution < -0.4 is 9.47 Å². The number of nitrogens with zero attached hydrogens (tertiary/aromatic N) is 2. The summed E-state index contributed by atoms with van der Waals surface area (Å²) in [6.45, 7) is 5.86. The molecule has 2 heterocycles. The molecule has 0 N–H and O–H groups in total. The first kappa shape index (κ1) is 22.7. The zero-order valence-corrected chi connectivity index (χ0v) is 19.5. The number of thioether (sulfide) groups is 1. The van der Waals surface area contributed by atoms with Gasteiger partial charge in [0.05, 0.1) is 22.6 Å². The van der Waals surface area contributed by atoms with Crippen LogP contribution in [0.1, 0.15) is 38.7 Å². The molecule has 7 nitrogen and oxygen atoms in total. The molecule has 2 saturated heterocycles. The lowest BCUT2D eigenvalue weighted by molar-refractivity contribution is -0.136. The van der Waals surface area contributed by atoms with Crippen molar-refractivity contribution < 1.29 is 23.9 Å². The highest BCUT2D eigenvalue weighted by Crippen LogP contribution is 2.38. The molecule has 30 heavy (non-hydrogen) atoms. The second kappa shape index (κ2) is 10.3. The van der Waals surface area contributed by atoms with E-state index in [1.165, 1.54) is 0 Å². The summed E-state index contributed by atoms with van der Waals surface area (Å²) in [5.74, 6) is 0.554. The van der Waals surface area contributed by atoms with E-state index in [9.17, 15) is 14.4 Å². The first-order valence-corrected chi connectivity index (χ1v) is 11.7. The lowest BCUT2D eigenvalue weighted by Gasteiger charge is -2.27. The van der Waals surface area contributed by atoms with Gasteiger partial charge in [-0.2, -0.15) is 0 Å². The lowest BCUT2D eigenvalue weighted by Crippen LogP contribution is -2.44. The SMILES string of the molecule is CCOc1cc(OCC)c(/C=C2\SC(=O)N(CC(=O)N3CCCCC3)C2=O)cc1Br. The largest absolute Gasteiger partial charge is 0.493 e. The predicted octanol–water partition coefficient (Wildman–Crippen LogP) is 4.30. The summed E-state index contributed by atoms with van der Waals surface area (Å²) in [5, 5.41) is -0.431. The van der Waals surface area contributed by atoms with Gasteiger partial charge in [-0.05, 0) is 72.9 Å². The topological polar surface area (TPSA) is 76.2 Å². The number of amides is 3. The quantitative estimate of drug-likeness (QED) is 0.523. The molecule has 3 rings (SSSR count). The molecule has 0 atom stereocenters. The van der Waals surface area contributed by atoms with Crippen molar-refractivity contribution in [3.63, 3.8) is 0 Å². The first-order valence-electron chi connectivity index (χ1n) is 10.1. The van der Waals surface area contributed by atoms with Crippen LogP contribution in [0.5, 0.6) is 11.5 Å². The van der Waals surface area contributed by atoms with Crippen LogP contribution in [0.3, 0.4) is 0 Å². The molecule has 2 aliphatic heterocycles. The molecule has 0 bridgehead atoms. The molecule has 1 aromatic carbocycles. The third-order valence-corrected chi connectivity index (χ3v) is 6.35. The average Bonchev–Trinajstić information content (AvgIpc) is 2.99. The molecule has 2 aliphatic rings. The number of ether oxygens (including phenoxy) is 2. The molecule has 0 spiro atoms. The van der Waals surface area contributed by atoms with Crippen LogP contribution in [0.4, 0.5) is 4.79 Å². The van der Waals surface area contributed by atoms with Crippen molar-refractivity contribution in [2.24, 2.45) is 0 Å². The van der Waals surface area contributed by atoms with Gasteiger partial charge >= 0.3 is 0 Å². The second-order valence-corrected chi connectivity index (χ2v) is 8.74. The minimum Gasteiger partial charge on any atom is -0.493 e. The smallest absolute Gasteiger partial charge is 0.294 e. The summed E-state index contributed by atoms with van der Waals surface area (Å²) >= 11 is 4.31. The van der Waals surface area contributed by atoms with Crippen LogP contribution in [0.15, 0.2) is 21.5 Å². The van der Waals surface area contributed by atoms with Crippen molar-refractivity contribution in [2.75, 3.05) is 32.8 Å². The summed E-state index contributed by atoms with van der Waals surface area (Å²) in [5.41, 5.74) is 0.653. The van der Waals surface area contributed by atoms with Gasteiger partial charge < -0.3 is 14.4 Å². The molecule has 1 aromatic rings. The van der Waals surface area contributed by atoms with Crippen molar-refractivity contribution >= 4 is 50.8 Å². The fraction of sp³-hybridized carbons (Fsp3) is 0.476. The molecule has 0 aromatic heterocycles. The van der Waals surface area contributed by atoms with E-state index in [4.69, 9.17) is 9.47 Å². The van der Waals surface area contributed by atoms with Gasteiger partial charge in [0, 0.05) is 24.7 Å². The van der Waals surface area contributed by atoms with Crippen molar-refractivity contribution in [3.8, 4) is 11.5 Å². The number of rotatable bonds is 7. The summed E-state index contributed by atoms with van der Waals surface area (Å²) in [4.78, 5) is 40.8. The predicted molar refractivity (Wildman–Crippen MR) is 120 cm³/mol. The number of likely N-dealkylation sites (tertiary alicyclic amines) is 1. The molecule has 0 unspecified atom stereocenters. The Morgan fingerprint density at radius 1 is 1.10 bits per heavy atom. The number of carbonyl (C=O) groups excluding carboxylic acids is 3. The van der Waals surface area contributed by atoms with Crippen LogP contribution in [0.25, 0.3) is 6.08 Å². The zero-order valence-electron chi connectivity index (χ0n) is 17.1. The maximum absolute atomic E-state index is 12.8. The fourth-order valence-electron chi connectivity index (χ4n) is 3.37. The van der Waals surface area contributed by atoms with Crippen molar-refractivity contribution in [1.82, 2.24) is 9.80 Å². The van der Waals surface area contributed by atoms with Gasteiger partial charge in [-0.15, -0.1) is 0 Å². The zero-order chi connectivity index (χ0) is 21.7. The molecule has 162 valence electrons. The number of hydrogen-bond acceptors (Lipinski definition) is 6. The minimum absolute atomic E-state index is 0.183. The highest BCUT2D eigenvalue weighted by atomic mass is 79.9. The highest BCUT2D eigenvalue weighted by Gasteiger charge is 2.37. The Labute approximate surface area is 188 Å². The minimum atomic E-state index is -0.456. The molecular formula is C21H25BrN2O5S. The van der Waals surface area contributed by atoms with Crippen molar-refractivity contribution in [2.45, 2.75) is 33.1 Å². The Morgan fingerprint density at radius 2 is 1.77 bits per heavy atom. The van der Waals surface area contributed by atoms with E-state index in [1.54, 1.807) is 23.1 Å². The Bertz CT molecular complexity index is 867. The van der Waals surface area contributed by atoms with Gasteiger partial charge in [0.2, 0.25) is 5.91 Å². The highest BCUT2D eigenvalue weighted by molar-refractivity contribution is 9.10. The van der Waals surface area contributed by atoms with Crippen LogP contribution >= 0.6 is 27.7 Å². The third-order valence-electron chi connectivity index (χ3n) is 4.83. The number of imide groups is 1. The Balaban J connectivity index is 1.80. The van der Waals surface area contributed by atoms with Gasteiger partial charge in [-0.25, -0.2) is 0 Å². The van der Waals surface area contributed by atoms with Gasteiger partial charge in [-0.1, -0.05) is 0 Å². The number of hydrogen-bond donors (Lipinski definition) is 0. The summed E-state index contributed by atoms with van der Waals surface area (Å²) < 4.78 is 12.0. The Morgan fingerprint density at radius 3 is 2.43 bits per heavy atom. The lowest BCUT2D eigenvalue weighted by atomic mass is 10.1. The van der Waals surface area contributed by atoms with Crippen LogP contribution in [0.2, 0.25) is 0 Å². The van der Waals surface area contributed by atoms with E-state index in [2.05, 4.69) is 15.9 Å². The van der Waals surface area contributed by atoms with E-state index in [-0.39, 0.29) is 17.4 Å². The van der Waals surface area contributed by atoms with Crippen LogP contribution in [-0.2, 0) is 9.59 Å². The molecule has 3 amide bonds. The van der Waals surface area contributed by atoms with Crippen LogP contribution in [0, 0.1) is 0 Å². The van der Waals surface area contributed by atoms with E-state index >= 15 is 0 Å². The fourth-order valence-corrected chi connectivity index (χ4v) is 4.67. The van der Waals surface area contributed by atoms with E-state index in [0.29, 0.717) is 43.4 Å². The summed E-state index contributed by atoms with van der Waals surface area (Å²) in [7, 11) is 0. The number of carbonyl (C=O) groups is 3. The number of benzene rings is 1. The average molecular weight is 497 g/mol. The first-order chi connectivity index (χ1) is 14.4. The van der Waals surface area contributed by atoms with Crippen molar-refractivity contribution in [3.05, 3.63) is 27.1 Å². The normalized spacial score (nSPS) is 18.3. The van der Waals surface area contributed by atoms with Crippen molar-refractivity contribution in [1.29, 1.82) is 0 Å². The second-order valence-electron chi connectivity index (χ2n) is 6.90.